The van der Waals surface area contributed by atoms with E-state index in [1.54, 1.807) is 27.7 Å². The van der Waals surface area contributed by atoms with Gasteiger partial charge in [-0.25, -0.2) is 4.98 Å². The first kappa shape index (κ1) is 6.39. The van der Waals surface area contributed by atoms with Gasteiger partial charge in [-0.3, -0.25) is 0 Å². The number of hydrogen-bond donors (Lipinski definition) is 0. The molecule has 1 aliphatic heterocycles. The topological polar surface area (TPSA) is 40.6 Å². The van der Waals surface area contributed by atoms with Gasteiger partial charge in [0.15, 0.2) is 0 Å². The van der Waals surface area contributed by atoms with Crippen LogP contribution in [0.1, 0.15) is 45.5 Å². The molecule has 0 radical (unpaired) electrons. The molecule has 0 amide bonds. The van der Waals surface area contributed by atoms with E-state index in [1.165, 1.54) is 0 Å². The summed E-state index contributed by atoms with van der Waals surface area (Å²) >= 11 is 0. The Morgan fingerprint density at radius 1 is 1.39 bits per heavy atom. The zero-order chi connectivity index (χ0) is 20.3. The van der Waals surface area contributed by atoms with Crippen LogP contribution in [0, 0.1) is 0 Å². The molecule has 2 rings (SSSR count). The summed E-state index contributed by atoms with van der Waals surface area (Å²) in [5.41, 5.74) is -1.68. The normalized spacial score (nSPS) is 29.0. The molecule has 1 aromatic heterocycles. The van der Waals surface area contributed by atoms with Gasteiger partial charge >= 0.3 is 7.12 Å². The van der Waals surface area contributed by atoms with E-state index < -0.39 is 55.7 Å². The molecular weight excluding hydrogens is 229 g/mol. The fourth-order valence-electron chi connectivity index (χ4n) is 1.48. The van der Waals surface area contributed by atoms with E-state index in [9.17, 15) is 0 Å². The zero-order valence-electron chi connectivity index (χ0n) is 18.7. The van der Waals surface area contributed by atoms with Crippen LogP contribution in [-0.2, 0) is 9.31 Å². The summed E-state index contributed by atoms with van der Waals surface area (Å²) < 4.78 is 76.7. The van der Waals surface area contributed by atoms with Crippen molar-refractivity contribution in [3.63, 3.8) is 0 Å². The van der Waals surface area contributed by atoms with Crippen molar-refractivity contribution in [2.45, 2.75) is 45.7 Å². The predicted molar refractivity (Wildman–Crippen MR) is 71.1 cm³/mol. The molecule has 0 saturated carbocycles. The molecule has 0 spiro atoms. The Kier molecular flexibility index (Phi) is 1.62. The van der Waals surface area contributed by atoms with E-state index >= 15 is 0 Å². The van der Waals surface area contributed by atoms with Crippen LogP contribution in [0.25, 0.3) is 0 Å². The van der Waals surface area contributed by atoms with E-state index in [1.807, 2.05) is 0 Å². The predicted octanol–water partition coefficient (Wildman–Crippen LogP) is 1.78. The average Bonchev–Trinajstić information content (AvgIpc) is 2.66. The van der Waals surface area contributed by atoms with E-state index in [4.69, 9.17) is 25.0 Å². The lowest BCUT2D eigenvalue weighted by atomic mass is 9.84. The summed E-state index contributed by atoms with van der Waals surface area (Å²) in [5, 5.41) is 0. The van der Waals surface area contributed by atoms with Crippen LogP contribution in [0.5, 0.6) is 5.88 Å². The highest BCUT2D eigenvalue weighted by Gasteiger charge is 2.52. The summed E-state index contributed by atoms with van der Waals surface area (Å²) in [4.78, 5) is 3.89. The second kappa shape index (κ2) is 4.55. The number of ether oxygens (including phenoxy) is 1. The molecule has 1 fully saturated rings. The maximum atomic E-state index is 8.02. The van der Waals surface area contributed by atoms with Gasteiger partial charge in [-0.05, 0) is 40.6 Å². The second-order valence-corrected chi connectivity index (χ2v) is 4.97. The Bertz CT molecular complexity index is 706. The zero-order valence-corrected chi connectivity index (χ0v) is 10.7. The summed E-state index contributed by atoms with van der Waals surface area (Å²) in [6, 6.07) is -1.72. The van der Waals surface area contributed by atoms with Crippen LogP contribution in [0.15, 0.2) is 18.1 Å². The van der Waals surface area contributed by atoms with Gasteiger partial charge in [-0.1, -0.05) is 6.04 Å². The minimum absolute atomic E-state index is 0.180. The number of pyridine rings is 1. The number of aromatic nitrogens is 1. The fourth-order valence-corrected chi connectivity index (χ4v) is 1.48. The SMILES string of the molecule is [2H]c1c(OC([2H])([2H])C([2H])([2H])[2H])nc(B2OC(C)(C)C(C)(C)O2)c([2H])c1[2H]. The maximum absolute atomic E-state index is 8.02. The third kappa shape index (κ3) is 2.38. The maximum Gasteiger partial charge on any atom is 0.514 e. The minimum Gasteiger partial charge on any atom is -0.478 e. The smallest absolute Gasteiger partial charge is 0.478 e. The molecule has 4 nitrogen and oxygen atoms in total. The van der Waals surface area contributed by atoms with Gasteiger partial charge in [-0.15, -0.1) is 0 Å². The number of hydrogen-bond acceptors (Lipinski definition) is 4. The Morgan fingerprint density at radius 2 is 2.06 bits per heavy atom. The van der Waals surface area contributed by atoms with Crippen molar-refractivity contribution >= 4 is 12.7 Å². The molecule has 18 heavy (non-hydrogen) atoms. The van der Waals surface area contributed by atoms with Crippen LogP contribution >= 0.6 is 0 Å². The molecule has 0 aliphatic carbocycles. The molecule has 1 aromatic rings. The molecule has 1 aliphatic rings. The lowest BCUT2D eigenvalue weighted by molar-refractivity contribution is 0.00578. The van der Waals surface area contributed by atoms with E-state index in [2.05, 4.69) is 4.98 Å². The quantitative estimate of drug-likeness (QED) is 0.774. The monoisotopic (exact) mass is 257 g/mol. The molecule has 0 atom stereocenters. The Balaban J connectivity index is 2.49. The standard InChI is InChI=1S/C13H20BNO3/c1-6-16-11-9-7-8-10(15-11)14-17-12(2,3)13(4,5)18-14/h7-9H,6H2,1-5H3/i1D3,6D2,7D,8D,9D. The fraction of sp³-hybridized carbons (Fsp3) is 0.615. The van der Waals surface area contributed by atoms with Crippen molar-refractivity contribution in [1.29, 1.82) is 0 Å². The first-order valence-corrected chi connectivity index (χ1v) is 5.52. The highest BCUT2D eigenvalue weighted by molar-refractivity contribution is 6.61. The molecule has 0 N–H and O–H groups in total. The Morgan fingerprint density at radius 3 is 2.67 bits per heavy atom. The van der Waals surface area contributed by atoms with E-state index in [0.717, 1.165) is 0 Å². The summed E-state index contributed by atoms with van der Waals surface area (Å²) in [5.74, 6) is -0.711. The van der Waals surface area contributed by atoms with Gasteiger partial charge in [0.05, 0.1) is 30.2 Å². The van der Waals surface area contributed by atoms with Gasteiger partial charge in [0.2, 0.25) is 5.88 Å². The first-order chi connectivity index (χ1) is 11.5. The van der Waals surface area contributed by atoms with Crippen LogP contribution in [0.4, 0.5) is 0 Å². The number of rotatable bonds is 3. The molecule has 98 valence electrons. The van der Waals surface area contributed by atoms with Crippen molar-refractivity contribution < 1.29 is 25.0 Å². The van der Waals surface area contributed by atoms with Gasteiger partial charge < -0.3 is 14.0 Å². The van der Waals surface area contributed by atoms with Gasteiger partial charge in [0, 0.05) is 10.2 Å². The van der Waals surface area contributed by atoms with Crippen LogP contribution in [0.3, 0.4) is 0 Å². The average molecular weight is 257 g/mol. The Labute approximate surface area is 120 Å². The Hall–Kier alpha value is -1.07. The van der Waals surface area contributed by atoms with Gasteiger partial charge in [0.25, 0.3) is 0 Å². The van der Waals surface area contributed by atoms with Crippen LogP contribution < -0.4 is 10.3 Å². The molecule has 1 saturated heterocycles. The highest BCUT2D eigenvalue weighted by atomic mass is 16.7. The van der Waals surface area contributed by atoms with Crippen molar-refractivity contribution in [1.82, 2.24) is 4.98 Å². The van der Waals surface area contributed by atoms with Crippen molar-refractivity contribution in [2.24, 2.45) is 0 Å². The molecule has 0 bridgehead atoms. The van der Waals surface area contributed by atoms with Crippen molar-refractivity contribution in [3.05, 3.63) is 18.1 Å². The third-order valence-corrected chi connectivity index (χ3v) is 3.21. The lowest BCUT2D eigenvalue weighted by Gasteiger charge is -2.32. The van der Waals surface area contributed by atoms with E-state index in [-0.39, 0.29) is 5.59 Å². The summed E-state index contributed by atoms with van der Waals surface area (Å²) in [7, 11) is -1.14. The van der Waals surface area contributed by atoms with Crippen molar-refractivity contribution in [3.8, 4) is 5.88 Å². The molecule has 0 aromatic carbocycles. The van der Waals surface area contributed by atoms with Crippen LogP contribution in [0.2, 0.25) is 0 Å². The van der Waals surface area contributed by atoms with Crippen molar-refractivity contribution in [2.75, 3.05) is 6.56 Å². The summed E-state index contributed by atoms with van der Waals surface area (Å²) in [6.07, 6.45) is 0. The molecule has 2 heterocycles. The molecule has 5 heteroatoms. The molecule has 0 unspecified atom stereocenters. The minimum atomic E-state index is -3.13. The van der Waals surface area contributed by atoms with E-state index in [0.29, 0.717) is 0 Å². The first-order valence-electron chi connectivity index (χ1n) is 9.52. The van der Waals surface area contributed by atoms with Gasteiger partial charge in [-0.2, -0.15) is 0 Å². The highest BCUT2D eigenvalue weighted by Crippen LogP contribution is 2.36. The van der Waals surface area contributed by atoms with Gasteiger partial charge in [0.1, 0.15) is 0 Å². The summed E-state index contributed by atoms with van der Waals surface area (Å²) in [6.45, 7) is 0.861. The van der Waals surface area contributed by atoms with Crippen LogP contribution in [-0.4, -0.2) is 29.9 Å². The largest absolute Gasteiger partial charge is 0.514 e. The lowest BCUT2D eigenvalue weighted by Crippen LogP contribution is -2.41. The second-order valence-electron chi connectivity index (χ2n) is 4.97. The third-order valence-electron chi connectivity index (χ3n) is 3.21. The molecular formula is C13H20BNO3. The number of nitrogens with zero attached hydrogens (tertiary/aromatic N) is 1.